The van der Waals surface area contributed by atoms with E-state index in [0.717, 1.165) is 16.9 Å². The largest absolute Gasteiger partial charge is 0.493 e. The van der Waals surface area contributed by atoms with Crippen molar-refractivity contribution in [2.24, 2.45) is 0 Å². The Labute approximate surface area is 110 Å². The average Bonchev–Trinajstić information content (AvgIpc) is 3.03. The van der Waals surface area contributed by atoms with Gasteiger partial charge in [0.25, 0.3) is 0 Å². The number of nitrogens with zero attached hydrogens (tertiary/aromatic N) is 2. The molecule has 0 unspecified atom stereocenters. The van der Waals surface area contributed by atoms with E-state index in [1.165, 1.54) is 11.3 Å². The maximum atomic E-state index is 12.6. The zero-order chi connectivity index (χ0) is 13.1. The lowest BCUT2D eigenvalue weighted by atomic mass is 10.1. The molecule has 0 bridgehead atoms. The minimum Gasteiger partial charge on any atom is -0.493 e. The molecule has 5 heteroatoms. The lowest BCUT2D eigenvalue weighted by Crippen LogP contribution is -2.11. The summed E-state index contributed by atoms with van der Waals surface area (Å²) in [6.07, 6.45) is 2.45. The minimum atomic E-state index is -0.00181. The van der Waals surface area contributed by atoms with E-state index in [0.29, 0.717) is 18.0 Å². The summed E-state index contributed by atoms with van der Waals surface area (Å²) < 4.78 is 6.90. The molecule has 0 aliphatic carbocycles. The number of hydrogen-bond acceptors (Lipinski definition) is 4. The zero-order valence-electron chi connectivity index (χ0n) is 10.8. The van der Waals surface area contributed by atoms with Crippen molar-refractivity contribution < 1.29 is 9.53 Å². The number of rotatable bonds is 5. The van der Waals surface area contributed by atoms with Crippen molar-refractivity contribution in [1.82, 2.24) is 9.78 Å². The lowest BCUT2D eigenvalue weighted by molar-refractivity contribution is 0.102. The molecule has 0 saturated carbocycles. The van der Waals surface area contributed by atoms with E-state index in [1.807, 2.05) is 25.3 Å². The first kappa shape index (κ1) is 12.8. The molecular formula is C13H16N2O2S. The Bertz CT molecular complexity index is 536. The molecule has 0 N–H and O–H groups in total. The molecular weight excluding hydrogens is 248 g/mol. The molecule has 0 amide bonds. The van der Waals surface area contributed by atoms with Gasteiger partial charge in [0.15, 0.2) is 11.4 Å². The van der Waals surface area contributed by atoms with Crippen molar-refractivity contribution in [3.8, 4) is 5.75 Å². The molecule has 2 rings (SSSR count). The van der Waals surface area contributed by atoms with Crippen molar-refractivity contribution >= 4 is 17.1 Å². The van der Waals surface area contributed by atoms with Crippen molar-refractivity contribution in [2.75, 3.05) is 7.11 Å². The molecule has 0 spiro atoms. The number of aromatic nitrogens is 2. The topological polar surface area (TPSA) is 44.1 Å². The van der Waals surface area contributed by atoms with Gasteiger partial charge in [-0.15, -0.1) is 11.3 Å². The molecule has 0 fully saturated rings. The van der Waals surface area contributed by atoms with E-state index >= 15 is 0 Å². The first-order valence-electron chi connectivity index (χ1n) is 5.93. The summed E-state index contributed by atoms with van der Waals surface area (Å²) in [5, 5.41) is 6.12. The number of aryl methyl sites for hydroxylation is 2. The van der Waals surface area contributed by atoms with Gasteiger partial charge in [-0.05, 0) is 30.4 Å². The molecule has 0 atom stereocenters. The number of ether oxygens (including phenoxy) is 1. The highest BCUT2D eigenvalue weighted by Gasteiger charge is 2.23. The summed E-state index contributed by atoms with van der Waals surface area (Å²) in [6, 6.07) is 2.00. The zero-order valence-corrected chi connectivity index (χ0v) is 11.6. The van der Waals surface area contributed by atoms with E-state index < -0.39 is 0 Å². The van der Waals surface area contributed by atoms with Crippen LogP contribution in [0.3, 0.4) is 0 Å². The van der Waals surface area contributed by atoms with Crippen molar-refractivity contribution in [2.45, 2.75) is 26.8 Å². The van der Waals surface area contributed by atoms with Crippen LogP contribution < -0.4 is 4.74 Å². The number of carbonyl (C=O) groups excluding carboxylic acids is 1. The Morgan fingerprint density at radius 3 is 2.89 bits per heavy atom. The van der Waals surface area contributed by atoms with E-state index in [2.05, 4.69) is 5.10 Å². The van der Waals surface area contributed by atoms with Gasteiger partial charge in [-0.25, -0.2) is 0 Å². The maximum Gasteiger partial charge on any atom is 0.225 e. The molecule has 4 nitrogen and oxygen atoms in total. The second-order valence-electron chi connectivity index (χ2n) is 3.83. The third kappa shape index (κ3) is 2.06. The highest BCUT2D eigenvalue weighted by atomic mass is 32.1. The van der Waals surface area contributed by atoms with E-state index in [1.54, 1.807) is 18.0 Å². The average molecular weight is 264 g/mol. The normalized spacial score (nSPS) is 10.6. The first-order valence-corrected chi connectivity index (χ1v) is 6.81. The van der Waals surface area contributed by atoms with Gasteiger partial charge < -0.3 is 4.74 Å². The van der Waals surface area contributed by atoms with Crippen LogP contribution in [0.4, 0.5) is 0 Å². The maximum absolute atomic E-state index is 12.6. The highest BCUT2D eigenvalue weighted by molar-refractivity contribution is 7.12. The van der Waals surface area contributed by atoms with Crippen LogP contribution in [-0.2, 0) is 13.0 Å². The predicted octanol–water partition coefficient (Wildman–Crippen LogP) is 2.77. The Morgan fingerprint density at radius 2 is 2.28 bits per heavy atom. The molecule has 2 aromatic rings. The van der Waals surface area contributed by atoms with Crippen molar-refractivity contribution in [3.63, 3.8) is 0 Å². The van der Waals surface area contributed by atoms with Crippen molar-refractivity contribution in [1.29, 1.82) is 0 Å². The second-order valence-corrected chi connectivity index (χ2v) is 4.75. The fraction of sp³-hybridized carbons (Fsp3) is 0.385. The van der Waals surface area contributed by atoms with Crippen LogP contribution in [0, 0.1) is 0 Å². The van der Waals surface area contributed by atoms with Gasteiger partial charge in [-0.1, -0.05) is 6.92 Å². The summed E-state index contributed by atoms with van der Waals surface area (Å²) in [6.45, 7) is 4.66. The van der Waals surface area contributed by atoms with Gasteiger partial charge in [0.1, 0.15) is 0 Å². The monoisotopic (exact) mass is 264 g/mol. The summed E-state index contributed by atoms with van der Waals surface area (Å²) in [5.74, 6) is 0.537. The summed E-state index contributed by atoms with van der Waals surface area (Å²) >= 11 is 1.47. The first-order chi connectivity index (χ1) is 8.72. The minimum absolute atomic E-state index is 0.00181. The summed E-state index contributed by atoms with van der Waals surface area (Å²) in [5.41, 5.74) is 1.62. The van der Waals surface area contributed by atoms with Crippen LogP contribution in [0.25, 0.3) is 0 Å². The number of carbonyl (C=O) groups is 1. The molecule has 96 valence electrons. The van der Waals surface area contributed by atoms with Crippen LogP contribution in [0.5, 0.6) is 5.75 Å². The van der Waals surface area contributed by atoms with Crippen LogP contribution >= 0.6 is 11.3 Å². The Morgan fingerprint density at radius 1 is 1.50 bits per heavy atom. The molecule has 0 aliphatic rings. The van der Waals surface area contributed by atoms with E-state index in [9.17, 15) is 4.79 Å². The van der Waals surface area contributed by atoms with Gasteiger partial charge >= 0.3 is 0 Å². The third-order valence-corrected chi connectivity index (χ3v) is 3.83. The second kappa shape index (κ2) is 5.35. The fourth-order valence-electron chi connectivity index (χ4n) is 1.91. The fourth-order valence-corrected chi connectivity index (χ4v) is 2.84. The third-order valence-electron chi connectivity index (χ3n) is 2.87. The standard InChI is InChI=1S/C13H16N2O2S/c1-4-9-6-7-18-13(9)12(16)11-10(17-3)8-14-15(11)5-2/h6-8H,4-5H2,1-3H3. The number of hydrogen-bond donors (Lipinski definition) is 0. The van der Waals surface area contributed by atoms with Gasteiger partial charge in [0.2, 0.25) is 5.78 Å². The Hall–Kier alpha value is -1.62. The number of ketones is 1. The Kier molecular flexibility index (Phi) is 3.81. The van der Waals surface area contributed by atoms with Crippen LogP contribution in [0.15, 0.2) is 17.6 Å². The number of methoxy groups -OCH3 is 1. The van der Waals surface area contributed by atoms with Crippen LogP contribution in [-0.4, -0.2) is 22.7 Å². The van der Waals surface area contributed by atoms with Crippen molar-refractivity contribution in [3.05, 3.63) is 33.8 Å². The molecule has 2 aromatic heterocycles. The van der Waals surface area contributed by atoms with Gasteiger partial charge in [0.05, 0.1) is 18.2 Å². The highest BCUT2D eigenvalue weighted by Crippen LogP contribution is 2.26. The van der Waals surface area contributed by atoms with Crippen LogP contribution in [0.1, 0.15) is 34.8 Å². The number of thiophene rings is 1. The molecule has 18 heavy (non-hydrogen) atoms. The summed E-state index contributed by atoms with van der Waals surface area (Å²) in [7, 11) is 1.56. The lowest BCUT2D eigenvalue weighted by Gasteiger charge is -2.06. The van der Waals surface area contributed by atoms with Gasteiger partial charge in [0, 0.05) is 6.54 Å². The predicted molar refractivity (Wildman–Crippen MR) is 71.6 cm³/mol. The Balaban J connectivity index is 2.48. The molecule has 0 saturated heterocycles. The van der Waals surface area contributed by atoms with Crippen LogP contribution in [0.2, 0.25) is 0 Å². The van der Waals surface area contributed by atoms with E-state index in [-0.39, 0.29) is 5.78 Å². The van der Waals surface area contributed by atoms with Gasteiger partial charge in [-0.2, -0.15) is 5.10 Å². The molecule has 0 aromatic carbocycles. The quantitative estimate of drug-likeness (QED) is 0.780. The van der Waals surface area contributed by atoms with Gasteiger partial charge in [-0.3, -0.25) is 9.48 Å². The van der Waals surface area contributed by atoms with E-state index in [4.69, 9.17) is 4.74 Å². The summed E-state index contributed by atoms with van der Waals surface area (Å²) in [4.78, 5) is 13.4. The molecule has 0 aliphatic heterocycles. The SMILES string of the molecule is CCc1ccsc1C(=O)c1c(OC)cnn1CC. The molecule has 2 heterocycles. The molecule has 0 radical (unpaired) electrons. The smallest absolute Gasteiger partial charge is 0.225 e.